The van der Waals surface area contributed by atoms with Crippen LogP contribution < -0.4 is 10.6 Å². The second kappa shape index (κ2) is 7.54. The molecule has 3 aromatic rings. The van der Waals surface area contributed by atoms with Gasteiger partial charge in [0.2, 0.25) is 0 Å². The van der Waals surface area contributed by atoms with Gasteiger partial charge in [-0.15, -0.1) is 0 Å². The maximum absolute atomic E-state index is 13.4. The third kappa shape index (κ3) is 3.33. The molecule has 0 saturated heterocycles. The average Bonchev–Trinajstić information content (AvgIpc) is 2.91. The van der Waals surface area contributed by atoms with E-state index in [-0.39, 0.29) is 23.5 Å². The van der Waals surface area contributed by atoms with Crippen LogP contribution in [0, 0.1) is 0 Å². The molecule has 3 aromatic carbocycles. The quantitative estimate of drug-likeness (QED) is 0.477. The fourth-order valence-corrected chi connectivity index (χ4v) is 4.73. The van der Waals surface area contributed by atoms with Gasteiger partial charge in [0.15, 0.2) is 5.78 Å². The Kier molecular flexibility index (Phi) is 4.72. The molecule has 5 rings (SSSR count). The molecule has 5 heteroatoms. The van der Waals surface area contributed by atoms with E-state index in [2.05, 4.69) is 10.6 Å². The zero-order valence-corrected chi connectivity index (χ0v) is 17.0. The van der Waals surface area contributed by atoms with E-state index in [1.165, 1.54) is 0 Å². The van der Waals surface area contributed by atoms with Gasteiger partial charge in [-0.1, -0.05) is 54.1 Å². The highest BCUT2D eigenvalue weighted by Gasteiger charge is 2.36. The minimum absolute atomic E-state index is 0.0307. The number of ketones is 1. The molecule has 3 N–H and O–H groups in total. The van der Waals surface area contributed by atoms with Crippen molar-refractivity contribution in [1.82, 2.24) is 0 Å². The van der Waals surface area contributed by atoms with Gasteiger partial charge in [0, 0.05) is 22.7 Å². The first-order valence-corrected chi connectivity index (χ1v) is 10.4. The number of nitrogens with one attached hydrogen (secondary N) is 2. The Morgan fingerprint density at radius 3 is 2.33 bits per heavy atom. The van der Waals surface area contributed by atoms with E-state index >= 15 is 0 Å². The number of allylic oxidation sites excluding steroid dienone is 1. The number of phenolic OH excluding ortho intramolecular Hbond substituents is 1. The van der Waals surface area contributed by atoms with Gasteiger partial charge in [0.25, 0.3) is 0 Å². The van der Waals surface area contributed by atoms with Crippen LogP contribution in [-0.4, -0.2) is 10.9 Å². The number of carbonyl (C=O) groups excluding carboxylic acids is 1. The molecule has 0 amide bonds. The van der Waals surface area contributed by atoms with Crippen molar-refractivity contribution < 1.29 is 9.90 Å². The van der Waals surface area contributed by atoms with Crippen LogP contribution in [0.1, 0.15) is 35.9 Å². The Morgan fingerprint density at radius 2 is 1.57 bits per heavy atom. The predicted molar refractivity (Wildman–Crippen MR) is 120 cm³/mol. The van der Waals surface area contributed by atoms with E-state index in [0.29, 0.717) is 17.9 Å². The molecule has 1 heterocycles. The van der Waals surface area contributed by atoms with Gasteiger partial charge < -0.3 is 15.7 Å². The van der Waals surface area contributed by atoms with Crippen LogP contribution in [0.2, 0.25) is 5.02 Å². The van der Waals surface area contributed by atoms with Crippen molar-refractivity contribution >= 4 is 28.8 Å². The van der Waals surface area contributed by atoms with Gasteiger partial charge in [-0.25, -0.2) is 0 Å². The molecule has 0 aromatic heterocycles. The molecule has 150 valence electrons. The minimum atomic E-state index is -0.295. The van der Waals surface area contributed by atoms with Gasteiger partial charge in [0.1, 0.15) is 5.75 Å². The first kappa shape index (κ1) is 18.8. The molecular formula is C25H21ClN2O2. The molecule has 30 heavy (non-hydrogen) atoms. The van der Waals surface area contributed by atoms with Crippen LogP contribution in [0.4, 0.5) is 11.4 Å². The summed E-state index contributed by atoms with van der Waals surface area (Å²) >= 11 is 6.45. The number of carbonyl (C=O) groups is 1. The summed E-state index contributed by atoms with van der Waals surface area (Å²) in [5, 5.41) is 17.5. The lowest BCUT2D eigenvalue weighted by Crippen LogP contribution is -2.27. The highest BCUT2D eigenvalue weighted by molar-refractivity contribution is 6.31. The molecule has 1 aliphatic heterocycles. The highest BCUT2D eigenvalue weighted by atomic mass is 35.5. The Hall–Kier alpha value is -3.24. The van der Waals surface area contributed by atoms with Crippen LogP contribution in [0.5, 0.6) is 5.75 Å². The van der Waals surface area contributed by atoms with E-state index in [0.717, 1.165) is 33.8 Å². The lowest BCUT2D eigenvalue weighted by molar-refractivity contribution is -0.116. The number of hydrogen-bond acceptors (Lipinski definition) is 4. The van der Waals surface area contributed by atoms with Crippen LogP contribution in [0.25, 0.3) is 0 Å². The summed E-state index contributed by atoms with van der Waals surface area (Å²) in [5.41, 5.74) is 5.49. The second-order valence-corrected chi connectivity index (χ2v) is 8.19. The summed E-state index contributed by atoms with van der Waals surface area (Å²) < 4.78 is 0. The summed E-state index contributed by atoms with van der Waals surface area (Å²) in [6, 6.07) is 22.5. The topological polar surface area (TPSA) is 61.4 Å². The third-order valence-electron chi connectivity index (χ3n) is 5.88. The van der Waals surface area contributed by atoms with Crippen molar-refractivity contribution in [2.24, 2.45) is 0 Å². The number of anilines is 2. The van der Waals surface area contributed by atoms with Crippen molar-refractivity contribution in [3.63, 3.8) is 0 Å². The molecule has 4 nitrogen and oxygen atoms in total. The van der Waals surface area contributed by atoms with Crippen molar-refractivity contribution in [3.05, 3.63) is 100 Å². The molecule has 0 fully saturated rings. The zero-order valence-electron chi connectivity index (χ0n) is 16.2. The first-order chi connectivity index (χ1) is 14.6. The molecule has 0 radical (unpaired) electrons. The molecule has 0 spiro atoms. The molecule has 0 unspecified atom stereocenters. The van der Waals surface area contributed by atoms with Gasteiger partial charge in [-0.2, -0.15) is 0 Å². The number of benzene rings is 3. The molecule has 0 bridgehead atoms. The molecular weight excluding hydrogens is 396 g/mol. The Labute approximate surface area is 180 Å². The lowest BCUT2D eigenvalue weighted by Gasteiger charge is -2.30. The molecule has 0 saturated carbocycles. The number of halogens is 1. The van der Waals surface area contributed by atoms with Gasteiger partial charge in [-0.3, -0.25) is 4.79 Å². The highest BCUT2D eigenvalue weighted by Crippen LogP contribution is 2.45. The van der Waals surface area contributed by atoms with E-state index in [4.69, 9.17) is 11.6 Å². The largest absolute Gasteiger partial charge is 0.508 e. The minimum Gasteiger partial charge on any atom is -0.508 e. The number of fused-ring (bicyclic) bond motifs is 1. The summed E-state index contributed by atoms with van der Waals surface area (Å²) in [6.07, 6.45) is 1.12. The maximum Gasteiger partial charge on any atom is 0.163 e. The Morgan fingerprint density at radius 1 is 0.867 bits per heavy atom. The number of rotatable bonds is 2. The molecule has 1 aliphatic carbocycles. The standard InChI is InChI=1S/C25H21ClN2O2/c26-19-6-2-1-5-18(19)16-13-22-24(23(30)14-16)25(15-9-11-17(29)12-10-15)28-21-8-4-3-7-20(21)27-22/h1-12,16,25,27-29H,13-14H2/t16-,25-/m0/s1. The van der Waals surface area contributed by atoms with E-state index in [1.807, 2.05) is 60.7 Å². The summed E-state index contributed by atoms with van der Waals surface area (Å²) in [7, 11) is 0. The number of phenols is 1. The van der Waals surface area contributed by atoms with Crippen molar-refractivity contribution in [1.29, 1.82) is 0 Å². The van der Waals surface area contributed by atoms with E-state index in [9.17, 15) is 9.90 Å². The fourth-order valence-electron chi connectivity index (χ4n) is 4.44. The van der Waals surface area contributed by atoms with Crippen LogP contribution in [0.3, 0.4) is 0 Å². The Balaban J connectivity index is 1.62. The van der Waals surface area contributed by atoms with Gasteiger partial charge >= 0.3 is 0 Å². The average molecular weight is 417 g/mol. The van der Waals surface area contributed by atoms with Crippen molar-refractivity contribution in [3.8, 4) is 5.75 Å². The van der Waals surface area contributed by atoms with Crippen molar-refractivity contribution in [2.75, 3.05) is 10.6 Å². The maximum atomic E-state index is 13.4. The Bertz CT molecular complexity index is 1150. The predicted octanol–water partition coefficient (Wildman–Crippen LogP) is 6.03. The van der Waals surface area contributed by atoms with Crippen molar-refractivity contribution in [2.45, 2.75) is 24.8 Å². The monoisotopic (exact) mass is 416 g/mol. The lowest BCUT2D eigenvalue weighted by atomic mass is 9.78. The number of para-hydroxylation sites is 2. The van der Waals surface area contributed by atoms with Crippen LogP contribution in [-0.2, 0) is 4.79 Å². The first-order valence-electron chi connectivity index (χ1n) is 10.0. The summed E-state index contributed by atoms with van der Waals surface area (Å²) in [6.45, 7) is 0. The van der Waals surface area contributed by atoms with Gasteiger partial charge in [-0.05, 0) is 53.8 Å². The summed E-state index contributed by atoms with van der Waals surface area (Å²) in [5.74, 6) is 0.337. The third-order valence-corrected chi connectivity index (χ3v) is 6.22. The second-order valence-electron chi connectivity index (χ2n) is 7.78. The smallest absolute Gasteiger partial charge is 0.163 e. The van der Waals surface area contributed by atoms with Crippen LogP contribution >= 0.6 is 11.6 Å². The number of aromatic hydroxyl groups is 1. The number of Topliss-reactive ketones (excluding diaryl/α,β-unsaturated/α-hetero) is 1. The van der Waals surface area contributed by atoms with Crippen LogP contribution in [0.15, 0.2) is 84.1 Å². The van der Waals surface area contributed by atoms with Gasteiger partial charge in [0.05, 0.1) is 17.4 Å². The van der Waals surface area contributed by atoms with E-state index < -0.39 is 0 Å². The molecule has 2 aliphatic rings. The normalized spacial score (nSPS) is 20.5. The zero-order chi connectivity index (χ0) is 20.7. The number of hydrogen-bond donors (Lipinski definition) is 3. The van der Waals surface area contributed by atoms with E-state index in [1.54, 1.807) is 12.1 Å². The fraction of sp³-hybridized carbons (Fsp3) is 0.160. The molecule has 2 atom stereocenters. The SMILES string of the molecule is O=C1C[C@@H](c2ccccc2Cl)CC2=C1[C@H](c1ccc(O)cc1)Nc1ccccc1N2. The summed E-state index contributed by atoms with van der Waals surface area (Å²) in [4.78, 5) is 13.4.